The molecule has 1 aromatic rings. The molecule has 1 fully saturated rings. The minimum absolute atomic E-state index is 0.000215. The molecule has 1 unspecified atom stereocenters. The van der Waals surface area contributed by atoms with Gasteiger partial charge in [0.1, 0.15) is 12.5 Å². The van der Waals surface area contributed by atoms with Crippen LogP contribution in [0.2, 0.25) is 25.7 Å². The molecule has 2 aliphatic rings. The molecule has 32 heavy (non-hydrogen) atoms. The lowest BCUT2D eigenvalue weighted by atomic mass is 9.76. The van der Waals surface area contributed by atoms with E-state index in [4.69, 9.17) is 14.0 Å². The number of nitrogens with zero attached hydrogens (tertiary/aromatic N) is 1. The Morgan fingerprint density at radius 2 is 1.72 bits per heavy atom. The fourth-order valence-electron chi connectivity index (χ4n) is 3.91. The van der Waals surface area contributed by atoms with E-state index in [1.807, 2.05) is 27.7 Å². The van der Waals surface area contributed by atoms with E-state index in [9.17, 15) is 9.90 Å². The number of hydrogen-bond acceptors (Lipinski definition) is 5. The Bertz CT molecular complexity index is 885. The van der Waals surface area contributed by atoms with Gasteiger partial charge in [-0.1, -0.05) is 33.5 Å². The molecule has 3 rings (SSSR count). The predicted octanol–water partition coefficient (Wildman–Crippen LogP) is 3.63. The SMILES string of the molecule is CC(C)C1(O)C(=O)N(COCC[Si](C)(C)C)c2cc(B3OC(C)(C)C(C)(C)O3)c(F)cc21. The van der Waals surface area contributed by atoms with E-state index in [0.717, 1.165) is 6.04 Å². The van der Waals surface area contributed by atoms with E-state index < -0.39 is 49.6 Å². The van der Waals surface area contributed by atoms with Crippen molar-refractivity contribution in [2.75, 3.05) is 18.2 Å². The van der Waals surface area contributed by atoms with Crippen molar-refractivity contribution in [3.8, 4) is 0 Å². The molecule has 9 heteroatoms. The Kier molecular flexibility index (Phi) is 6.50. The van der Waals surface area contributed by atoms with Crippen molar-refractivity contribution >= 4 is 32.2 Å². The Hall–Kier alpha value is -1.26. The van der Waals surface area contributed by atoms with Gasteiger partial charge in [0.15, 0.2) is 5.60 Å². The summed E-state index contributed by atoms with van der Waals surface area (Å²) in [6, 6.07) is 3.77. The standard InChI is InChI=1S/C23H37BFNO5Si/c1-15(2)23(28)16-12-18(25)17(24-30-21(3,4)22(5,6)31-24)13-19(16)26(20(23)27)14-29-10-11-32(7,8)9/h12-13,15,28H,10-11,14H2,1-9H3. The highest BCUT2D eigenvalue weighted by atomic mass is 28.3. The summed E-state index contributed by atoms with van der Waals surface area (Å²) in [5.41, 5.74) is -2.17. The molecule has 6 nitrogen and oxygen atoms in total. The highest BCUT2D eigenvalue weighted by Gasteiger charge is 2.55. The van der Waals surface area contributed by atoms with Crippen LogP contribution in [0.15, 0.2) is 12.1 Å². The Morgan fingerprint density at radius 3 is 2.22 bits per heavy atom. The second-order valence-electron chi connectivity index (χ2n) is 11.5. The van der Waals surface area contributed by atoms with E-state index in [0.29, 0.717) is 12.3 Å². The molecular formula is C23H37BFNO5Si. The summed E-state index contributed by atoms with van der Waals surface area (Å²) in [7, 11) is -2.21. The summed E-state index contributed by atoms with van der Waals surface area (Å²) in [5.74, 6) is -1.51. The molecule has 0 bridgehead atoms. The highest BCUT2D eigenvalue weighted by molar-refractivity contribution is 6.76. The number of aliphatic hydroxyl groups is 1. The summed E-state index contributed by atoms with van der Waals surface area (Å²) >= 11 is 0. The largest absolute Gasteiger partial charge is 0.497 e. The van der Waals surface area contributed by atoms with Crippen molar-refractivity contribution in [1.29, 1.82) is 0 Å². The van der Waals surface area contributed by atoms with E-state index in [1.54, 1.807) is 19.9 Å². The Morgan fingerprint density at radius 1 is 1.16 bits per heavy atom. The van der Waals surface area contributed by atoms with Gasteiger partial charge in [-0.25, -0.2) is 4.39 Å². The van der Waals surface area contributed by atoms with Crippen molar-refractivity contribution in [2.24, 2.45) is 5.92 Å². The molecule has 1 amide bonds. The quantitative estimate of drug-likeness (QED) is 0.492. The maximum Gasteiger partial charge on any atom is 0.497 e. The number of halogens is 1. The van der Waals surface area contributed by atoms with Gasteiger partial charge < -0.3 is 19.2 Å². The smallest absolute Gasteiger partial charge is 0.399 e. The molecule has 1 atom stereocenters. The normalized spacial score (nSPS) is 24.6. The first-order chi connectivity index (χ1) is 14.5. The lowest BCUT2D eigenvalue weighted by molar-refractivity contribution is -0.141. The third-order valence-corrected chi connectivity index (χ3v) is 8.65. The summed E-state index contributed by atoms with van der Waals surface area (Å²) < 4.78 is 33.2. The molecule has 0 aliphatic carbocycles. The first-order valence-corrected chi connectivity index (χ1v) is 15.0. The third kappa shape index (κ3) is 4.30. The molecule has 1 N–H and O–H groups in total. The van der Waals surface area contributed by atoms with Gasteiger partial charge in [-0.15, -0.1) is 0 Å². The van der Waals surface area contributed by atoms with Crippen molar-refractivity contribution in [3.05, 3.63) is 23.5 Å². The number of carbonyl (C=O) groups is 1. The van der Waals surface area contributed by atoms with Crippen LogP contribution in [0.1, 0.15) is 47.1 Å². The van der Waals surface area contributed by atoms with Gasteiger partial charge in [-0.2, -0.15) is 0 Å². The molecular weight excluding hydrogens is 428 g/mol. The zero-order valence-electron chi connectivity index (χ0n) is 20.8. The summed E-state index contributed by atoms with van der Waals surface area (Å²) in [4.78, 5) is 14.7. The molecule has 0 radical (unpaired) electrons. The number of carbonyl (C=O) groups excluding carboxylic acids is 1. The summed E-state index contributed by atoms with van der Waals surface area (Å²) in [6.45, 7) is 18.4. The average Bonchev–Trinajstić information content (AvgIpc) is 2.98. The van der Waals surface area contributed by atoms with E-state index in [1.165, 1.54) is 11.0 Å². The maximum atomic E-state index is 15.3. The topological polar surface area (TPSA) is 68.2 Å². The third-order valence-electron chi connectivity index (χ3n) is 6.95. The molecule has 1 saturated heterocycles. The lowest BCUT2D eigenvalue weighted by Gasteiger charge is -2.32. The minimum Gasteiger partial charge on any atom is -0.399 e. The number of anilines is 1. The summed E-state index contributed by atoms with van der Waals surface area (Å²) in [6.07, 6.45) is 0. The molecule has 0 saturated carbocycles. The molecule has 1 aromatic carbocycles. The molecule has 178 valence electrons. The summed E-state index contributed by atoms with van der Waals surface area (Å²) in [5, 5.41) is 11.3. The first-order valence-electron chi connectivity index (χ1n) is 11.3. The fraction of sp³-hybridized carbons (Fsp3) is 0.696. The van der Waals surface area contributed by atoms with E-state index in [-0.39, 0.29) is 17.8 Å². The molecule has 0 aromatic heterocycles. The zero-order chi connectivity index (χ0) is 24.3. The van der Waals surface area contributed by atoms with Crippen LogP contribution in [0.4, 0.5) is 10.1 Å². The Balaban J connectivity index is 1.97. The van der Waals surface area contributed by atoms with Crippen LogP contribution < -0.4 is 10.4 Å². The van der Waals surface area contributed by atoms with E-state index >= 15 is 4.39 Å². The number of amides is 1. The van der Waals surface area contributed by atoms with Gasteiger partial charge in [0, 0.05) is 25.7 Å². The van der Waals surface area contributed by atoms with Crippen molar-refractivity contribution in [2.45, 2.75) is 84.0 Å². The monoisotopic (exact) mass is 465 g/mol. The van der Waals surface area contributed by atoms with Gasteiger partial charge in [0.25, 0.3) is 5.91 Å². The van der Waals surface area contributed by atoms with Crippen LogP contribution in [0.3, 0.4) is 0 Å². The molecule has 2 aliphatic heterocycles. The van der Waals surface area contributed by atoms with Crippen LogP contribution in [0.25, 0.3) is 0 Å². The van der Waals surface area contributed by atoms with Gasteiger partial charge in [0.2, 0.25) is 0 Å². The average molecular weight is 465 g/mol. The van der Waals surface area contributed by atoms with Gasteiger partial charge in [-0.3, -0.25) is 9.69 Å². The van der Waals surface area contributed by atoms with Crippen LogP contribution in [0.5, 0.6) is 0 Å². The number of rotatable bonds is 7. The van der Waals surface area contributed by atoms with Gasteiger partial charge in [0.05, 0.1) is 16.9 Å². The second-order valence-corrected chi connectivity index (χ2v) is 17.1. The molecule has 0 spiro atoms. The van der Waals surface area contributed by atoms with Crippen molar-refractivity contribution in [1.82, 2.24) is 0 Å². The fourth-order valence-corrected chi connectivity index (χ4v) is 4.66. The minimum atomic E-state index is -1.81. The number of ether oxygens (including phenoxy) is 1. The van der Waals surface area contributed by atoms with Crippen LogP contribution in [0, 0.1) is 11.7 Å². The first kappa shape index (κ1) is 25.4. The molecule has 2 heterocycles. The number of fused-ring (bicyclic) bond motifs is 1. The van der Waals surface area contributed by atoms with Gasteiger partial charge >= 0.3 is 7.12 Å². The lowest BCUT2D eigenvalue weighted by Crippen LogP contribution is -2.44. The number of hydrogen-bond donors (Lipinski definition) is 1. The zero-order valence-corrected chi connectivity index (χ0v) is 21.8. The maximum absolute atomic E-state index is 15.3. The highest BCUT2D eigenvalue weighted by Crippen LogP contribution is 2.45. The second kappa shape index (κ2) is 8.20. The predicted molar refractivity (Wildman–Crippen MR) is 127 cm³/mol. The Labute approximate surface area is 192 Å². The van der Waals surface area contributed by atoms with Crippen LogP contribution in [-0.4, -0.2) is 50.7 Å². The van der Waals surface area contributed by atoms with E-state index in [2.05, 4.69) is 19.6 Å². The van der Waals surface area contributed by atoms with Gasteiger partial charge in [-0.05, 0) is 51.8 Å². The number of benzene rings is 1. The van der Waals surface area contributed by atoms with Crippen LogP contribution >= 0.6 is 0 Å². The van der Waals surface area contributed by atoms with Crippen molar-refractivity contribution < 1.29 is 28.3 Å². The van der Waals surface area contributed by atoms with Crippen LogP contribution in [-0.2, 0) is 24.4 Å². The van der Waals surface area contributed by atoms with Crippen molar-refractivity contribution in [3.63, 3.8) is 0 Å².